The van der Waals surface area contributed by atoms with Gasteiger partial charge in [0.15, 0.2) is 5.17 Å². The zero-order valence-corrected chi connectivity index (χ0v) is 19.2. The van der Waals surface area contributed by atoms with Gasteiger partial charge in [0.2, 0.25) is 0 Å². The molecule has 6 rings (SSSR count). The van der Waals surface area contributed by atoms with Gasteiger partial charge in [-0.05, 0) is 77.4 Å². The molecule has 2 aliphatic heterocycles. The molecule has 168 valence electrons. The van der Waals surface area contributed by atoms with Crippen LogP contribution < -0.4 is 0 Å². The van der Waals surface area contributed by atoms with E-state index in [1.807, 2.05) is 30.3 Å². The highest BCUT2D eigenvalue weighted by Gasteiger charge is 2.40. The van der Waals surface area contributed by atoms with Gasteiger partial charge in [-0.25, -0.2) is 13.8 Å². The largest absolute Gasteiger partial charge is 0.308 e. The Morgan fingerprint density at radius 2 is 1.56 bits per heavy atom. The molecule has 3 aliphatic rings. The lowest BCUT2D eigenvalue weighted by atomic mass is 9.82. The van der Waals surface area contributed by atoms with Gasteiger partial charge in [-0.2, -0.15) is 0 Å². The molecule has 0 amide bonds. The van der Waals surface area contributed by atoms with Crippen LogP contribution in [0.15, 0.2) is 106 Å². The molecule has 0 N–H and O–H groups in total. The van der Waals surface area contributed by atoms with E-state index in [-0.39, 0.29) is 17.7 Å². The maximum absolute atomic E-state index is 13.8. The molecule has 0 fully saturated rings. The fourth-order valence-electron chi connectivity index (χ4n) is 4.94. The Bertz CT molecular complexity index is 1350. The first-order chi connectivity index (χ1) is 16.7. The Kier molecular flexibility index (Phi) is 5.42. The third kappa shape index (κ3) is 3.80. The topological polar surface area (TPSA) is 15.6 Å². The molecule has 3 aromatic carbocycles. The van der Waals surface area contributed by atoms with Crippen LogP contribution in [0.4, 0.5) is 8.78 Å². The molecule has 0 aromatic heterocycles. The van der Waals surface area contributed by atoms with Crippen LogP contribution in [0.2, 0.25) is 0 Å². The average molecular weight is 469 g/mol. The van der Waals surface area contributed by atoms with Gasteiger partial charge in [-0.3, -0.25) is 0 Å². The Morgan fingerprint density at radius 1 is 0.853 bits per heavy atom. The van der Waals surface area contributed by atoms with Crippen molar-refractivity contribution in [2.75, 3.05) is 0 Å². The smallest absolute Gasteiger partial charge is 0.174 e. The zero-order valence-electron chi connectivity index (χ0n) is 18.4. The minimum Gasteiger partial charge on any atom is -0.308 e. The molecule has 2 nitrogen and oxygen atoms in total. The number of rotatable bonds is 3. The van der Waals surface area contributed by atoms with E-state index in [0.29, 0.717) is 0 Å². The van der Waals surface area contributed by atoms with Crippen molar-refractivity contribution in [3.63, 3.8) is 0 Å². The highest BCUT2D eigenvalue weighted by Crippen LogP contribution is 2.51. The van der Waals surface area contributed by atoms with E-state index >= 15 is 0 Å². The number of allylic oxidation sites excluding steroid dienone is 1. The summed E-state index contributed by atoms with van der Waals surface area (Å²) >= 11 is 1.63. The predicted molar refractivity (Wildman–Crippen MR) is 136 cm³/mol. The number of amidine groups is 1. The fourth-order valence-corrected chi connectivity index (χ4v) is 5.87. The van der Waals surface area contributed by atoms with Gasteiger partial charge in [0, 0.05) is 5.41 Å². The van der Waals surface area contributed by atoms with E-state index in [2.05, 4.69) is 28.5 Å². The second-order valence-corrected chi connectivity index (χ2v) is 9.49. The van der Waals surface area contributed by atoms with Crippen LogP contribution in [0.25, 0.3) is 11.8 Å². The Balaban J connectivity index is 1.49. The van der Waals surface area contributed by atoms with Crippen molar-refractivity contribution in [2.45, 2.75) is 25.3 Å². The van der Waals surface area contributed by atoms with Crippen LogP contribution in [-0.4, -0.2) is 10.1 Å². The van der Waals surface area contributed by atoms with Crippen LogP contribution in [-0.2, 0) is 0 Å². The van der Waals surface area contributed by atoms with E-state index in [9.17, 15) is 8.78 Å². The Hall–Kier alpha value is -3.44. The molecule has 0 radical (unpaired) electrons. The lowest BCUT2D eigenvalue weighted by molar-refractivity contribution is 0.457. The number of nitrogens with zero attached hydrogens (tertiary/aromatic N) is 2. The van der Waals surface area contributed by atoms with Crippen LogP contribution in [0, 0.1) is 11.6 Å². The molecule has 34 heavy (non-hydrogen) atoms. The van der Waals surface area contributed by atoms with Crippen LogP contribution >= 0.6 is 11.8 Å². The first kappa shape index (κ1) is 21.1. The quantitative estimate of drug-likeness (QED) is 0.388. The lowest BCUT2D eigenvalue weighted by Crippen LogP contribution is -2.34. The summed E-state index contributed by atoms with van der Waals surface area (Å²) in [7, 11) is 0. The minimum absolute atomic E-state index is 0.0542. The predicted octanol–water partition coefficient (Wildman–Crippen LogP) is 7.94. The van der Waals surface area contributed by atoms with Crippen molar-refractivity contribution >= 4 is 28.7 Å². The second-order valence-electron chi connectivity index (χ2n) is 8.65. The number of halogens is 2. The maximum Gasteiger partial charge on any atom is 0.174 e. The third-order valence-electron chi connectivity index (χ3n) is 6.50. The zero-order chi connectivity index (χ0) is 23.1. The number of benzene rings is 3. The van der Waals surface area contributed by atoms with Crippen molar-refractivity contribution < 1.29 is 8.78 Å². The van der Waals surface area contributed by atoms with E-state index < -0.39 is 0 Å². The summed E-state index contributed by atoms with van der Waals surface area (Å²) in [4.78, 5) is 7.45. The van der Waals surface area contributed by atoms with Gasteiger partial charge >= 0.3 is 0 Å². The van der Waals surface area contributed by atoms with Crippen molar-refractivity contribution in [1.82, 2.24) is 4.90 Å². The van der Waals surface area contributed by atoms with Gasteiger partial charge in [0.1, 0.15) is 11.6 Å². The van der Waals surface area contributed by atoms with Crippen molar-refractivity contribution in [1.29, 1.82) is 0 Å². The van der Waals surface area contributed by atoms with Gasteiger partial charge < -0.3 is 4.90 Å². The number of fused-ring (bicyclic) bond motifs is 1. The SMILES string of the molecule is Fc1ccc(/C=C2\CCCC3=C2N=C2SC=C(c4ccccc4)N2C3c2ccc(F)cc2)cc1. The van der Waals surface area contributed by atoms with Crippen LogP contribution in [0.5, 0.6) is 0 Å². The van der Waals surface area contributed by atoms with Gasteiger partial charge in [-0.1, -0.05) is 66.4 Å². The molecule has 2 heterocycles. The van der Waals surface area contributed by atoms with E-state index in [4.69, 9.17) is 4.99 Å². The Labute approximate surface area is 202 Å². The molecular formula is C29H22F2N2S. The van der Waals surface area contributed by atoms with Gasteiger partial charge in [0.25, 0.3) is 0 Å². The van der Waals surface area contributed by atoms with Crippen molar-refractivity contribution in [3.05, 3.63) is 129 Å². The first-order valence-electron chi connectivity index (χ1n) is 11.4. The minimum atomic E-state index is -0.238. The summed E-state index contributed by atoms with van der Waals surface area (Å²) in [6, 6.07) is 23.7. The van der Waals surface area contributed by atoms with Crippen LogP contribution in [0.3, 0.4) is 0 Å². The molecule has 1 unspecified atom stereocenters. The summed E-state index contributed by atoms with van der Waals surface area (Å²) in [5, 5.41) is 3.09. The molecule has 3 aromatic rings. The third-order valence-corrected chi connectivity index (χ3v) is 7.34. The van der Waals surface area contributed by atoms with Gasteiger partial charge in [-0.15, -0.1) is 0 Å². The van der Waals surface area contributed by atoms with E-state index in [1.54, 1.807) is 23.9 Å². The fraction of sp³-hybridized carbons (Fsp3) is 0.138. The molecule has 0 spiro atoms. The van der Waals surface area contributed by atoms with Gasteiger partial charge in [0.05, 0.1) is 17.4 Å². The van der Waals surface area contributed by atoms with Crippen molar-refractivity contribution in [2.24, 2.45) is 4.99 Å². The van der Waals surface area contributed by atoms with Crippen LogP contribution in [0.1, 0.15) is 42.0 Å². The molecule has 0 saturated carbocycles. The maximum atomic E-state index is 13.8. The standard InChI is InChI=1S/C29H22F2N2S/c30-23-13-9-19(10-14-23)17-22-7-4-8-25-27(22)32-29-33(28(25)21-11-15-24(31)16-12-21)26(18-34-29)20-5-2-1-3-6-20/h1-3,5-6,9-18,28H,4,7-8H2/b22-17+. The number of thioether (sulfide) groups is 1. The number of hydrogen-bond donors (Lipinski definition) is 0. The van der Waals surface area contributed by atoms with E-state index in [1.165, 1.54) is 35.4 Å². The monoisotopic (exact) mass is 468 g/mol. The summed E-state index contributed by atoms with van der Waals surface area (Å²) < 4.78 is 27.3. The number of hydrogen-bond acceptors (Lipinski definition) is 3. The Morgan fingerprint density at radius 3 is 2.29 bits per heavy atom. The molecule has 5 heteroatoms. The normalized spacial score (nSPS) is 20.7. The van der Waals surface area contributed by atoms with E-state index in [0.717, 1.165) is 52.5 Å². The molecular weight excluding hydrogens is 446 g/mol. The lowest BCUT2D eigenvalue weighted by Gasteiger charge is -2.40. The summed E-state index contributed by atoms with van der Waals surface area (Å²) in [5.74, 6) is -0.477. The second kappa shape index (κ2) is 8.73. The average Bonchev–Trinajstić information content (AvgIpc) is 3.29. The highest BCUT2D eigenvalue weighted by atomic mass is 32.2. The highest BCUT2D eigenvalue weighted by molar-refractivity contribution is 8.16. The summed E-state index contributed by atoms with van der Waals surface area (Å²) in [5.41, 5.74) is 7.70. The molecule has 0 bridgehead atoms. The van der Waals surface area contributed by atoms with Crippen molar-refractivity contribution in [3.8, 4) is 0 Å². The molecule has 1 aliphatic carbocycles. The summed E-state index contributed by atoms with van der Waals surface area (Å²) in [6.45, 7) is 0. The molecule has 0 saturated heterocycles. The molecule has 1 atom stereocenters. The first-order valence-corrected chi connectivity index (χ1v) is 12.3. The number of aliphatic imine (C=N–C) groups is 1. The summed E-state index contributed by atoms with van der Waals surface area (Å²) in [6.07, 6.45) is 4.99.